The molecule has 0 aliphatic carbocycles. The lowest BCUT2D eigenvalue weighted by molar-refractivity contribution is -0.387. The second-order valence-electron chi connectivity index (χ2n) is 5.11. The van der Waals surface area contributed by atoms with Gasteiger partial charge >= 0.3 is 0 Å². The minimum Gasteiger partial charge on any atom is -0.468 e. The second-order valence-corrected chi connectivity index (χ2v) is 9.09. The highest BCUT2D eigenvalue weighted by atomic mass is 33.5. The highest BCUT2D eigenvalue weighted by Crippen LogP contribution is 2.50. The Morgan fingerprint density at radius 3 is 1.55 bits per heavy atom. The lowest BCUT2D eigenvalue weighted by atomic mass is 10.3. The van der Waals surface area contributed by atoms with Crippen molar-refractivity contribution in [3.63, 3.8) is 0 Å². The van der Waals surface area contributed by atoms with Crippen LogP contribution in [0.25, 0.3) is 0 Å². The second kappa shape index (κ2) is 11.7. The lowest BCUT2D eigenvalue weighted by Gasteiger charge is -2.08. The zero-order valence-electron chi connectivity index (χ0n) is 15.3. The van der Waals surface area contributed by atoms with E-state index in [-0.39, 0.29) is 25.0 Å². The van der Waals surface area contributed by atoms with Crippen molar-refractivity contribution in [1.29, 1.82) is 0 Å². The van der Waals surface area contributed by atoms with E-state index in [1.54, 1.807) is 0 Å². The van der Waals surface area contributed by atoms with E-state index in [0.29, 0.717) is 21.3 Å². The number of methoxy groups -OCH3 is 2. The molecule has 156 valence electrons. The molecule has 0 fully saturated rings. The normalized spacial score (nSPS) is 10.6. The van der Waals surface area contributed by atoms with Gasteiger partial charge in [0, 0.05) is 38.5 Å². The number of hydrogen-bond acceptors (Lipinski definition) is 11. The Bertz CT molecular complexity index is 799. The Hall–Kier alpha value is -2.19. The van der Waals surface area contributed by atoms with E-state index in [9.17, 15) is 20.2 Å². The van der Waals surface area contributed by atoms with Crippen molar-refractivity contribution in [3.05, 3.63) is 56.6 Å². The zero-order valence-corrected chi connectivity index (χ0v) is 17.7. The summed E-state index contributed by atoms with van der Waals surface area (Å²) in [4.78, 5) is 22.2. The maximum atomic E-state index is 11.3. The van der Waals surface area contributed by atoms with E-state index in [1.807, 2.05) is 0 Å². The summed E-state index contributed by atoms with van der Waals surface area (Å²) in [5.74, 6) is 0.818. The van der Waals surface area contributed by atoms with Gasteiger partial charge in [0.25, 0.3) is 11.4 Å². The molecule has 2 aromatic carbocycles. The molecule has 10 nitrogen and oxygen atoms in total. The zero-order chi connectivity index (χ0) is 21.2. The van der Waals surface area contributed by atoms with Gasteiger partial charge in [-0.05, 0) is 43.5 Å². The van der Waals surface area contributed by atoms with Gasteiger partial charge in [0.2, 0.25) is 0 Å². The molecular weight excluding hydrogens is 444 g/mol. The highest BCUT2D eigenvalue weighted by Gasteiger charge is 2.19. The van der Waals surface area contributed by atoms with Crippen LogP contribution >= 0.6 is 31.4 Å². The fourth-order valence-corrected chi connectivity index (χ4v) is 5.88. The predicted octanol–water partition coefficient (Wildman–Crippen LogP) is 4.92. The van der Waals surface area contributed by atoms with Gasteiger partial charge < -0.3 is 18.9 Å². The van der Waals surface area contributed by atoms with E-state index >= 15 is 0 Å². The number of ether oxygens (including phenoxy) is 4. The van der Waals surface area contributed by atoms with Gasteiger partial charge in [0.05, 0.1) is 9.85 Å². The smallest absolute Gasteiger partial charge is 0.284 e. The van der Waals surface area contributed by atoms with Crippen molar-refractivity contribution < 1.29 is 28.8 Å². The molecule has 2 aromatic rings. The van der Waals surface area contributed by atoms with Crippen molar-refractivity contribution in [1.82, 2.24) is 0 Å². The van der Waals surface area contributed by atoms with E-state index < -0.39 is 9.85 Å². The van der Waals surface area contributed by atoms with E-state index in [2.05, 4.69) is 0 Å². The third kappa shape index (κ3) is 6.97. The monoisotopic (exact) mass is 460 g/mol. The Balaban J connectivity index is 2.15. The summed E-state index contributed by atoms with van der Waals surface area (Å²) in [7, 11) is 6.25. The van der Waals surface area contributed by atoms with Gasteiger partial charge in [0.1, 0.15) is 21.3 Å². The lowest BCUT2D eigenvalue weighted by Crippen LogP contribution is -1.99. The first-order valence-electron chi connectivity index (χ1n) is 7.77. The minimum absolute atomic E-state index is 0.00424. The van der Waals surface area contributed by atoms with Gasteiger partial charge in [-0.3, -0.25) is 20.2 Å². The van der Waals surface area contributed by atoms with Crippen LogP contribution in [0.4, 0.5) is 11.4 Å². The molecule has 0 atom stereocenters. The van der Waals surface area contributed by atoms with Crippen molar-refractivity contribution in [2.45, 2.75) is 9.79 Å². The molecule has 0 saturated heterocycles. The van der Waals surface area contributed by atoms with Gasteiger partial charge in [-0.25, -0.2) is 0 Å². The van der Waals surface area contributed by atoms with Gasteiger partial charge in [-0.15, -0.1) is 0 Å². The number of hydrogen-bond donors (Lipinski definition) is 0. The summed E-state index contributed by atoms with van der Waals surface area (Å²) >= 11 is 0. The molecule has 0 N–H and O–H groups in total. The molecule has 0 radical (unpaired) electrons. The molecule has 0 heterocycles. The average molecular weight is 461 g/mol. The quantitative estimate of drug-likeness (QED) is 0.186. The SMILES string of the molecule is COCOc1ccc([N+](=O)[O-])c(SSSc2cc(OCOC)ccc2[N+](=O)[O-])c1. The maximum Gasteiger partial charge on any atom is 0.284 e. The molecule has 0 unspecified atom stereocenters. The molecule has 0 bridgehead atoms. The van der Waals surface area contributed by atoms with Crippen LogP contribution in [0.3, 0.4) is 0 Å². The molecule has 0 spiro atoms. The standard InChI is InChI=1S/C16H16N2O8S3/c1-23-9-25-11-3-5-13(17(19)20)15(7-11)27-29-28-16-8-12(26-10-24-2)4-6-14(16)18(21)22/h3-8H,9-10H2,1-2H3. The summed E-state index contributed by atoms with van der Waals surface area (Å²) < 4.78 is 20.3. The van der Waals surface area contributed by atoms with Gasteiger partial charge in [-0.1, -0.05) is 0 Å². The minimum atomic E-state index is -0.505. The van der Waals surface area contributed by atoms with Gasteiger partial charge in [-0.2, -0.15) is 0 Å². The Labute approximate surface area is 177 Å². The van der Waals surface area contributed by atoms with E-state index in [1.165, 1.54) is 50.6 Å². The molecule has 0 aromatic heterocycles. The van der Waals surface area contributed by atoms with Crippen molar-refractivity contribution in [2.75, 3.05) is 27.8 Å². The third-order valence-corrected chi connectivity index (χ3v) is 7.05. The molecule has 0 saturated carbocycles. The number of nitrogens with zero attached hydrogens (tertiary/aromatic N) is 2. The van der Waals surface area contributed by atoms with Gasteiger partial charge in [0.15, 0.2) is 13.6 Å². The maximum absolute atomic E-state index is 11.3. The molecule has 13 heteroatoms. The van der Waals surface area contributed by atoms with E-state index in [4.69, 9.17) is 18.9 Å². The van der Waals surface area contributed by atoms with Crippen molar-refractivity contribution >= 4 is 42.8 Å². The Morgan fingerprint density at radius 1 is 0.793 bits per heavy atom. The first-order chi connectivity index (χ1) is 14.0. The van der Waals surface area contributed by atoms with Crippen LogP contribution in [0.15, 0.2) is 46.2 Å². The van der Waals surface area contributed by atoms with Crippen LogP contribution in [-0.4, -0.2) is 37.7 Å². The van der Waals surface area contributed by atoms with Crippen LogP contribution in [0, 0.1) is 20.2 Å². The number of benzene rings is 2. The Morgan fingerprint density at radius 2 is 1.21 bits per heavy atom. The Kier molecular flexibility index (Phi) is 9.34. The van der Waals surface area contributed by atoms with Crippen molar-refractivity contribution in [2.24, 2.45) is 0 Å². The summed E-state index contributed by atoms with van der Waals surface area (Å²) in [6.07, 6.45) is 0. The first-order valence-corrected chi connectivity index (χ1v) is 11.3. The van der Waals surface area contributed by atoms with Crippen LogP contribution in [-0.2, 0) is 9.47 Å². The first kappa shape index (κ1) is 23.1. The van der Waals surface area contributed by atoms with Crippen LogP contribution in [0.5, 0.6) is 11.5 Å². The third-order valence-electron chi connectivity index (χ3n) is 3.19. The van der Waals surface area contributed by atoms with Crippen LogP contribution in [0.2, 0.25) is 0 Å². The highest BCUT2D eigenvalue weighted by molar-refractivity contribution is 9.09. The number of rotatable bonds is 12. The number of nitro benzene ring substituents is 2. The molecular formula is C16H16N2O8S3. The summed E-state index contributed by atoms with van der Waals surface area (Å²) in [5.41, 5.74) is -0.195. The number of nitro groups is 2. The summed E-state index contributed by atoms with van der Waals surface area (Å²) in [6, 6.07) is 8.64. The summed E-state index contributed by atoms with van der Waals surface area (Å²) in [5, 5.41) is 22.5. The molecule has 0 aliphatic heterocycles. The topological polar surface area (TPSA) is 123 Å². The van der Waals surface area contributed by atoms with Crippen LogP contribution in [0.1, 0.15) is 0 Å². The fourth-order valence-electron chi connectivity index (χ4n) is 1.95. The molecule has 29 heavy (non-hydrogen) atoms. The van der Waals surface area contributed by atoms with Crippen LogP contribution < -0.4 is 9.47 Å². The van der Waals surface area contributed by atoms with E-state index in [0.717, 1.165) is 31.4 Å². The molecule has 0 amide bonds. The average Bonchev–Trinajstić information content (AvgIpc) is 2.70. The summed E-state index contributed by atoms with van der Waals surface area (Å²) in [6.45, 7) is 0.00848. The fraction of sp³-hybridized carbons (Fsp3) is 0.250. The van der Waals surface area contributed by atoms with Crippen molar-refractivity contribution in [3.8, 4) is 11.5 Å². The predicted molar refractivity (Wildman–Crippen MR) is 111 cm³/mol. The molecule has 2 rings (SSSR count). The largest absolute Gasteiger partial charge is 0.468 e. The molecule has 0 aliphatic rings.